The number of anilines is 2. The molecule has 7 heteroatoms. The molecule has 1 aliphatic heterocycles. The van der Waals surface area contributed by atoms with Crippen molar-refractivity contribution in [2.45, 2.75) is 6.10 Å². The summed E-state index contributed by atoms with van der Waals surface area (Å²) in [7, 11) is 0. The smallest absolute Gasteiger partial charge is 0.427 e. The zero-order valence-electron chi connectivity index (χ0n) is 11.6. The molecule has 6 nitrogen and oxygen atoms in total. The van der Waals surface area contributed by atoms with E-state index in [2.05, 4.69) is 4.98 Å². The first kappa shape index (κ1) is 14.5. The van der Waals surface area contributed by atoms with E-state index < -0.39 is 6.16 Å². The van der Waals surface area contributed by atoms with Crippen LogP contribution >= 0.6 is 11.6 Å². The van der Waals surface area contributed by atoms with Crippen molar-refractivity contribution < 1.29 is 14.3 Å². The van der Waals surface area contributed by atoms with Gasteiger partial charge < -0.3 is 20.1 Å². The quantitative estimate of drug-likeness (QED) is 0.405. The van der Waals surface area contributed by atoms with Crippen molar-refractivity contribution in [1.82, 2.24) is 4.98 Å². The number of halogens is 1. The third-order valence-corrected chi connectivity index (χ3v) is 3.47. The Balaban J connectivity index is 1.47. The predicted molar refractivity (Wildman–Crippen MR) is 83.2 cm³/mol. The van der Waals surface area contributed by atoms with E-state index in [4.69, 9.17) is 26.8 Å². The Labute approximate surface area is 132 Å². The van der Waals surface area contributed by atoms with Gasteiger partial charge in [-0.1, -0.05) is 11.6 Å². The number of ether oxygens (including phenoxy) is 2. The number of aromatic nitrogens is 1. The van der Waals surface area contributed by atoms with Gasteiger partial charge >= 0.3 is 6.16 Å². The van der Waals surface area contributed by atoms with Crippen LogP contribution in [-0.4, -0.2) is 30.3 Å². The number of carbonyl (C=O) groups is 1. The largest absolute Gasteiger partial charge is 0.514 e. The molecule has 1 fully saturated rings. The van der Waals surface area contributed by atoms with Crippen LogP contribution in [0.2, 0.25) is 5.15 Å². The second kappa shape index (κ2) is 6.11. The molecule has 0 aliphatic carbocycles. The van der Waals surface area contributed by atoms with Gasteiger partial charge in [0.1, 0.15) is 17.0 Å². The lowest BCUT2D eigenvalue weighted by molar-refractivity contribution is 0.0458. The molecule has 1 aromatic carbocycles. The molecule has 0 saturated carbocycles. The minimum atomic E-state index is -0.720. The van der Waals surface area contributed by atoms with Crippen LogP contribution in [0.4, 0.5) is 16.2 Å². The van der Waals surface area contributed by atoms with E-state index in [9.17, 15) is 4.79 Å². The lowest BCUT2D eigenvalue weighted by Gasteiger charge is -2.39. The van der Waals surface area contributed by atoms with Gasteiger partial charge in [0.05, 0.1) is 13.1 Å². The molecule has 1 aliphatic rings. The summed E-state index contributed by atoms with van der Waals surface area (Å²) in [6.45, 7) is 1.19. The molecular formula is C15H14ClN3O3. The van der Waals surface area contributed by atoms with Gasteiger partial charge in [-0.2, -0.15) is 0 Å². The summed E-state index contributed by atoms with van der Waals surface area (Å²) in [5, 5.41) is 0.435. The minimum Gasteiger partial charge on any atom is -0.427 e. The molecule has 0 atom stereocenters. The number of benzene rings is 1. The highest BCUT2D eigenvalue weighted by Gasteiger charge is 2.31. The van der Waals surface area contributed by atoms with Gasteiger partial charge in [-0.15, -0.1) is 0 Å². The van der Waals surface area contributed by atoms with E-state index in [0.29, 0.717) is 29.7 Å². The zero-order chi connectivity index (χ0) is 15.5. The molecule has 1 saturated heterocycles. The number of nitrogens with two attached hydrogens (primary N) is 1. The van der Waals surface area contributed by atoms with Crippen molar-refractivity contribution in [1.29, 1.82) is 0 Å². The van der Waals surface area contributed by atoms with Crippen LogP contribution in [0.25, 0.3) is 0 Å². The van der Waals surface area contributed by atoms with Crippen LogP contribution in [0.5, 0.6) is 5.75 Å². The molecule has 0 amide bonds. The average molecular weight is 320 g/mol. The topological polar surface area (TPSA) is 77.7 Å². The minimum absolute atomic E-state index is 0.201. The normalized spacial score (nSPS) is 14.3. The molecular weight excluding hydrogens is 306 g/mol. The van der Waals surface area contributed by atoms with E-state index in [1.165, 1.54) is 0 Å². The van der Waals surface area contributed by atoms with E-state index in [1.54, 1.807) is 36.5 Å². The Morgan fingerprint density at radius 2 is 2.00 bits per heavy atom. The molecule has 1 aromatic heterocycles. The third-order valence-electron chi connectivity index (χ3n) is 3.27. The van der Waals surface area contributed by atoms with Crippen LogP contribution in [0.1, 0.15) is 0 Å². The lowest BCUT2D eigenvalue weighted by Crippen LogP contribution is -2.53. The van der Waals surface area contributed by atoms with Crippen LogP contribution in [0.3, 0.4) is 0 Å². The van der Waals surface area contributed by atoms with E-state index in [0.717, 1.165) is 5.69 Å². The summed E-state index contributed by atoms with van der Waals surface area (Å²) < 4.78 is 10.3. The highest BCUT2D eigenvalue weighted by molar-refractivity contribution is 6.29. The van der Waals surface area contributed by atoms with E-state index in [-0.39, 0.29) is 6.10 Å². The number of hydrogen-bond acceptors (Lipinski definition) is 6. The zero-order valence-corrected chi connectivity index (χ0v) is 12.4. The van der Waals surface area contributed by atoms with Gasteiger partial charge in [0.15, 0.2) is 0 Å². The van der Waals surface area contributed by atoms with Gasteiger partial charge in [0, 0.05) is 17.6 Å². The van der Waals surface area contributed by atoms with Crippen molar-refractivity contribution in [2.24, 2.45) is 0 Å². The van der Waals surface area contributed by atoms with Crippen molar-refractivity contribution in [2.75, 3.05) is 23.7 Å². The SMILES string of the molecule is Nc1ccc(OC(=O)OC2CN(c3ccnc(Cl)c3)C2)cc1. The number of hydrogen-bond donors (Lipinski definition) is 1. The van der Waals surface area contributed by atoms with Crippen molar-refractivity contribution >= 4 is 29.1 Å². The van der Waals surface area contributed by atoms with Crippen molar-refractivity contribution in [3.8, 4) is 5.75 Å². The fourth-order valence-electron chi connectivity index (χ4n) is 2.10. The summed E-state index contributed by atoms with van der Waals surface area (Å²) in [6, 6.07) is 10.2. The van der Waals surface area contributed by atoms with Gasteiger partial charge in [0.25, 0.3) is 0 Å². The van der Waals surface area contributed by atoms with Gasteiger partial charge in [0.2, 0.25) is 0 Å². The Bertz CT molecular complexity index is 672. The standard InChI is InChI=1S/C15H14ClN3O3/c16-14-7-11(5-6-18-14)19-8-13(9-19)22-15(20)21-12-3-1-10(17)2-4-12/h1-7,13H,8-9,17H2. The van der Waals surface area contributed by atoms with Crippen molar-refractivity contribution in [3.05, 3.63) is 47.7 Å². The maximum atomic E-state index is 11.7. The maximum Gasteiger partial charge on any atom is 0.514 e. The summed E-state index contributed by atoms with van der Waals surface area (Å²) in [6.07, 6.45) is 0.719. The second-order valence-electron chi connectivity index (χ2n) is 4.90. The van der Waals surface area contributed by atoms with Gasteiger partial charge in [-0.3, -0.25) is 0 Å². The molecule has 0 spiro atoms. The van der Waals surface area contributed by atoms with Crippen LogP contribution in [0.15, 0.2) is 42.6 Å². The third kappa shape index (κ3) is 3.40. The fraction of sp³-hybridized carbons (Fsp3) is 0.200. The monoisotopic (exact) mass is 319 g/mol. The summed E-state index contributed by atoms with van der Waals surface area (Å²) in [5.74, 6) is 0.399. The molecule has 2 heterocycles. The van der Waals surface area contributed by atoms with E-state index in [1.807, 2.05) is 11.0 Å². The summed E-state index contributed by atoms with van der Waals surface area (Å²) >= 11 is 5.84. The molecule has 0 bridgehead atoms. The second-order valence-corrected chi connectivity index (χ2v) is 5.29. The Morgan fingerprint density at radius 1 is 1.27 bits per heavy atom. The highest BCUT2D eigenvalue weighted by atomic mass is 35.5. The molecule has 3 rings (SSSR count). The lowest BCUT2D eigenvalue weighted by atomic mass is 10.1. The highest BCUT2D eigenvalue weighted by Crippen LogP contribution is 2.24. The fourth-order valence-corrected chi connectivity index (χ4v) is 2.27. The molecule has 114 valence electrons. The number of carbonyl (C=O) groups excluding carboxylic acids is 1. The molecule has 0 unspecified atom stereocenters. The Hall–Kier alpha value is -2.47. The van der Waals surface area contributed by atoms with Crippen LogP contribution in [0, 0.1) is 0 Å². The molecule has 2 N–H and O–H groups in total. The van der Waals surface area contributed by atoms with Crippen LogP contribution in [-0.2, 0) is 4.74 Å². The Morgan fingerprint density at radius 3 is 2.68 bits per heavy atom. The molecule has 0 radical (unpaired) electrons. The predicted octanol–water partition coefficient (Wildman–Crippen LogP) is 2.72. The number of nitrogen functional groups attached to an aromatic ring is 1. The molecule has 22 heavy (non-hydrogen) atoms. The Kier molecular flexibility index (Phi) is 4.02. The van der Waals surface area contributed by atoms with Crippen molar-refractivity contribution in [3.63, 3.8) is 0 Å². The van der Waals surface area contributed by atoms with Gasteiger partial charge in [-0.25, -0.2) is 9.78 Å². The van der Waals surface area contributed by atoms with Gasteiger partial charge in [-0.05, 0) is 36.4 Å². The number of nitrogens with zero attached hydrogens (tertiary/aromatic N) is 2. The first-order chi connectivity index (χ1) is 10.6. The molecule has 2 aromatic rings. The van der Waals surface area contributed by atoms with E-state index >= 15 is 0 Å². The van der Waals surface area contributed by atoms with Crippen LogP contribution < -0.4 is 15.4 Å². The number of rotatable bonds is 3. The maximum absolute atomic E-state index is 11.7. The first-order valence-electron chi connectivity index (χ1n) is 6.70. The summed E-state index contributed by atoms with van der Waals surface area (Å²) in [5.41, 5.74) is 7.11. The first-order valence-corrected chi connectivity index (χ1v) is 7.08. The summed E-state index contributed by atoms with van der Waals surface area (Å²) in [4.78, 5) is 17.6. The number of pyridine rings is 1. The average Bonchev–Trinajstić information content (AvgIpc) is 2.45.